The van der Waals surface area contributed by atoms with E-state index in [4.69, 9.17) is 50.8 Å². The van der Waals surface area contributed by atoms with Gasteiger partial charge in [-0.2, -0.15) is 12.6 Å². The highest BCUT2D eigenvalue weighted by atomic mass is 32.1. The summed E-state index contributed by atoms with van der Waals surface area (Å²) in [4.78, 5) is 38.2. The topological polar surface area (TPSA) is 142 Å². The van der Waals surface area contributed by atoms with Gasteiger partial charge in [-0.25, -0.2) is 0 Å². The van der Waals surface area contributed by atoms with Gasteiger partial charge in [-0.05, 0) is 114 Å². The quantitative estimate of drug-likeness (QED) is 0.0699. The van der Waals surface area contributed by atoms with E-state index in [1.165, 1.54) is 44.1 Å². The SMILES string of the molecule is COCCOCCOCCN(CC(C)(C)S)C1C=C(COC2=C(OC)CC3C(=O)N4[C@H](CNC3C2)CC2CCCC[C@@H]24)CC(CO[C@H]2C[C@H]3N=CCC[C@H]4CCCCC4NC(=O)C3CC2OC)C1. The first-order valence-corrected chi connectivity index (χ1v) is 27.2. The number of aliphatic imine (C=N–C) groups is 1. The van der Waals surface area contributed by atoms with Crippen LogP contribution in [0.15, 0.2) is 28.2 Å². The van der Waals surface area contributed by atoms with Crippen molar-refractivity contribution in [2.75, 3.05) is 87.2 Å². The number of ether oxygens (including phenoxy) is 7. The fourth-order valence-corrected chi connectivity index (χ4v) is 13.6. The maximum absolute atomic E-state index is 14.4. The lowest BCUT2D eigenvalue weighted by Crippen LogP contribution is -2.52. The van der Waals surface area contributed by atoms with E-state index in [2.05, 4.69) is 46.6 Å². The smallest absolute Gasteiger partial charge is 0.228 e. The van der Waals surface area contributed by atoms with Gasteiger partial charge in [0.1, 0.15) is 18.1 Å². The summed E-state index contributed by atoms with van der Waals surface area (Å²) in [5, 5.41) is 7.34. The van der Waals surface area contributed by atoms with Gasteiger partial charge in [0, 0.05) is 81.7 Å². The first-order chi connectivity index (χ1) is 33.0. The molecule has 2 N–H and O–H groups in total. The monoisotopic (exact) mass is 970 g/mol. The maximum atomic E-state index is 14.4. The van der Waals surface area contributed by atoms with Crippen LogP contribution in [0.2, 0.25) is 0 Å². The van der Waals surface area contributed by atoms with E-state index in [0.717, 1.165) is 76.1 Å². The zero-order chi connectivity index (χ0) is 47.6. The third-order valence-corrected chi connectivity index (χ3v) is 17.0. The second-order valence-electron chi connectivity index (χ2n) is 22.2. The van der Waals surface area contributed by atoms with Crippen molar-refractivity contribution in [1.82, 2.24) is 20.4 Å². The van der Waals surface area contributed by atoms with E-state index in [1.807, 2.05) is 0 Å². The first-order valence-electron chi connectivity index (χ1n) is 26.7. The van der Waals surface area contributed by atoms with Gasteiger partial charge in [0.25, 0.3) is 0 Å². The highest BCUT2D eigenvalue weighted by Crippen LogP contribution is 2.44. The molecule has 0 aromatic carbocycles. The average molecular weight is 970 g/mol. The molecular weight excluding hydrogens is 883 g/mol. The normalized spacial score (nSPS) is 35.6. The van der Waals surface area contributed by atoms with Crippen molar-refractivity contribution < 1.29 is 42.7 Å². The van der Waals surface area contributed by atoms with E-state index in [-0.39, 0.29) is 70.8 Å². The van der Waals surface area contributed by atoms with Crippen LogP contribution in [0, 0.1) is 29.6 Å². The Kier molecular flexibility index (Phi) is 19.1. The van der Waals surface area contributed by atoms with Gasteiger partial charge < -0.3 is 48.7 Å². The Hall–Kier alpha value is -2.24. The van der Waals surface area contributed by atoms with Crippen LogP contribution in [-0.4, -0.2) is 168 Å². The van der Waals surface area contributed by atoms with Crippen molar-refractivity contribution in [2.45, 2.75) is 176 Å². The Balaban J connectivity index is 0.958. The maximum Gasteiger partial charge on any atom is 0.228 e. The first kappa shape index (κ1) is 52.1. The van der Waals surface area contributed by atoms with Crippen LogP contribution in [0.5, 0.6) is 0 Å². The predicted octanol–water partition coefficient (Wildman–Crippen LogP) is 6.52. The Morgan fingerprint density at radius 1 is 0.824 bits per heavy atom. The van der Waals surface area contributed by atoms with Crippen LogP contribution >= 0.6 is 12.6 Å². The molecule has 2 amide bonds. The van der Waals surface area contributed by atoms with Crippen LogP contribution in [0.4, 0.5) is 0 Å². The standard InChI is InChI=1S/C53H87N5O9S/c1-53(2,68)34-57(17-18-64-21-22-65-20-19-61-3)39-24-35(32-66-49-29-44-41(27-47(49)62-4)51(59)56-43-14-8-6-11-37(43)13-10-16-54-44)23-36(25-39)33-67-50-30-45-42(28-48(50)63-5)52(60)58-40(31-55-45)26-38-12-7-9-15-46(38)58/h16,25,35,37-47,49,55,68H,6-15,17-24,26-34H2,1-5H3,(H,56,59)/t35?,37-,38?,39?,40+,41?,42?,43?,44-,45?,46+,47?,49+/m1/s1. The van der Waals surface area contributed by atoms with Crippen LogP contribution in [0.25, 0.3) is 0 Å². The number of nitrogens with zero attached hydrogens (tertiary/aromatic N) is 3. The number of fused-ring (bicyclic) bond motifs is 6. The minimum atomic E-state index is -0.241. The van der Waals surface area contributed by atoms with Gasteiger partial charge in [0.15, 0.2) is 0 Å². The minimum absolute atomic E-state index is 0.0202. The summed E-state index contributed by atoms with van der Waals surface area (Å²) < 4.78 is 42.7. The molecule has 3 saturated carbocycles. The van der Waals surface area contributed by atoms with Crippen molar-refractivity contribution in [2.24, 2.45) is 34.6 Å². The number of allylic oxidation sites excluding steroid dienone is 1. The molecule has 8 unspecified atom stereocenters. The van der Waals surface area contributed by atoms with Gasteiger partial charge in [-0.3, -0.25) is 19.5 Å². The largest absolute Gasteiger partial charge is 0.498 e. The lowest BCUT2D eigenvalue weighted by Gasteiger charge is -2.42. The number of amides is 2. The molecule has 0 radical (unpaired) electrons. The summed E-state index contributed by atoms with van der Waals surface area (Å²) in [6.45, 7) is 10.4. The molecule has 0 bridgehead atoms. The molecule has 14 nitrogen and oxygen atoms in total. The lowest BCUT2D eigenvalue weighted by molar-refractivity contribution is -0.139. The number of carbonyl (C=O) groups is 2. The number of nitrogens with one attached hydrogen (secondary N) is 2. The zero-order valence-electron chi connectivity index (χ0n) is 42.2. The number of hydrogen-bond donors (Lipinski definition) is 3. The van der Waals surface area contributed by atoms with Gasteiger partial charge in [0.05, 0.1) is 76.8 Å². The second-order valence-corrected chi connectivity index (χ2v) is 23.4. The number of hydrogen-bond acceptors (Lipinski definition) is 13. The van der Waals surface area contributed by atoms with E-state index >= 15 is 0 Å². The molecule has 3 aliphatic heterocycles. The van der Waals surface area contributed by atoms with Gasteiger partial charge in [-0.15, -0.1) is 0 Å². The predicted molar refractivity (Wildman–Crippen MR) is 267 cm³/mol. The molecule has 384 valence electrons. The Labute approximate surface area is 413 Å². The molecule has 8 aliphatic rings. The molecule has 0 aromatic heterocycles. The van der Waals surface area contributed by atoms with Gasteiger partial charge >= 0.3 is 0 Å². The Bertz CT molecular complexity index is 1740. The second kappa shape index (κ2) is 24.9. The van der Waals surface area contributed by atoms with E-state index in [1.54, 1.807) is 21.3 Å². The van der Waals surface area contributed by atoms with Crippen molar-refractivity contribution in [3.05, 3.63) is 23.2 Å². The molecule has 15 heteroatoms. The third-order valence-electron chi connectivity index (χ3n) is 16.8. The van der Waals surface area contributed by atoms with Gasteiger partial charge in [0.2, 0.25) is 11.8 Å². The molecule has 68 heavy (non-hydrogen) atoms. The van der Waals surface area contributed by atoms with Crippen LogP contribution in [-0.2, 0) is 42.7 Å². The van der Waals surface area contributed by atoms with Crippen molar-refractivity contribution >= 4 is 30.7 Å². The fraction of sp³-hybridized carbons (Fsp3) is 0.868. The van der Waals surface area contributed by atoms with E-state index < -0.39 is 0 Å². The molecule has 8 rings (SSSR count). The molecule has 5 fully saturated rings. The van der Waals surface area contributed by atoms with Crippen LogP contribution in [0.3, 0.4) is 0 Å². The molecule has 3 heterocycles. The summed E-state index contributed by atoms with van der Waals surface area (Å²) in [7, 11) is 5.16. The van der Waals surface area contributed by atoms with E-state index in [0.29, 0.717) is 95.7 Å². The van der Waals surface area contributed by atoms with E-state index in [9.17, 15) is 9.59 Å². The molecule has 0 spiro atoms. The fourth-order valence-electron chi connectivity index (χ4n) is 13.4. The summed E-state index contributed by atoms with van der Waals surface area (Å²) in [6, 6.07) is 0.926. The summed E-state index contributed by atoms with van der Waals surface area (Å²) in [6.07, 6.45) is 21.0. The Morgan fingerprint density at radius 2 is 1.60 bits per heavy atom. The number of carbonyl (C=O) groups excluding carboxylic acids is 2. The van der Waals surface area contributed by atoms with Gasteiger partial charge in [-0.1, -0.05) is 31.8 Å². The van der Waals surface area contributed by atoms with Crippen LogP contribution in [0.1, 0.15) is 123 Å². The average Bonchev–Trinajstić information content (AvgIpc) is 3.65. The molecular formula is C53H87N5O9S. The van der Waals surface area contributed by atoms with Crippen LogP contribution < -0.4 is 10.6 Å². The highest BCUT2D eigenvalue weighted by molar-refractivity contribution is 7.81. The zero-order valence-corrected chi connectivity index (χ0v) is 43.1. The molecule has 5 aliphatic carbocycles. The van der Waals surface area contributed by atoms with Crippen molar-refractivity contribution in [3.63, 3.8) is 0 Å². The minimum Gasteiger partial charge on any atom is -0.498 e. The number of rotatable bonds is 20. The van der Waals surface area contributed by atoms with Crippen molar-refractivity contribution in [3.8, 4) is 0 Å². The van der Waals surface area contributed by atoms with Crippen molar-refractivity contribution in [1.29, 1.82) is 0 Å². The summed E-state index contributed by atoms with van der Waals surface area (Å²) in [5.74, 6) is 3.10. The highest BCUT2D eigenvalue weighted by Gasteiger charge is 2.51. The number of thiol groups is 1. The Morgan fingerprint density at radius 3 is 2.40 bits per heavy atom. The third kappa shape index (κ3) is 13.4. The number of methoxy groups -OCH3 is 3. The molecule has 13 atom stereocenters. The lowest BCUT2D eigenvalue weighted by atomic mass is 9.78. The molecule has 0 aromatic rings. The summed E-state index contributed by atoms with van der Waals surface area (Å²) in [5.41, 5.74) is 1.23. The molecule has 2 saturated heterocycles. The summed E-state index contributed by atoms with van der Waals surface area (Å²) >= 11 is 5.03.